The average Bonchev–Trinajstić information content (AvgIpc) is 2.92. The SMILES string of the molecule is CC1(C)C(C(=O)O)C1C(=O)Nc1cccc(NC(N)=O)c1. The molecule has 1 aliphatic rings. The van der Waals surface area contributed by atoms with Crippen LogP contribution in [0.25, 0.3) is 0 Å². The molecule has 3 amide bonds. The fourth-order valence-corrected chi connectivity index (χ4v) is 2.62. The molecule has 2 rings (SSSR count). The first-order valence-corrected chi connectivity index (χ1v) is 6.43. The maximum atomic E-state index is 12.2. The normalized spacial score (nSPS) is 22.2. The monoisotopic (exact) mass is 291 g/mol. The second-order valence-corrected chi connectivity index (χ2v) is 5.67. The summed E-state index contributed by atoms with van der Waals surface area (Å²) in [6.07, 6.45) is 0. The standard InChI is InChI=1S/C14H17N3O4/c1-14(2)9(10(14)12(19)20)11(18)16-7-4-3-5-8(6-7)17-13(15)21/h3-6,9-10H,1-2H3,(H,16,18)(H,19,20)(H3,15,17,21). The summed E-state index contributed by atoms with van der Waals surface area (Å²) >= 11 is 0. The number of carboxylic acid groups (broad SMARTS) is 1. The molecule has 0 spiro atoms. The number of nitrogens with two attached hydrogens (primary N) is 1. The molecule has 0 aromatic heterocycles. The summed E-state index contributed by atoms with van der Waals surface area (Å²) in [6.45, 7) is 3.50. The minimum Gasteiger partial charge on any atom is -0.481 e. The molecular weight excluding hydrogens is 274 g/mol. The van der Waals surface area contributed by atoms with E-state index in [-0.39, 0.29) is 5.91 Å². The van der Waals surface area contributed by atoms with Gasteiger partial charge in [0, 0.05) is 11.4 Å². The van der Waals surface area contributed by atoms with E-state index in [4.69, 9.17) is 10.8 Å². The molecule has 0 bridgehead atoms. The van der Waals surface area contributed by atoms with Gasteiger partial charge in [-0.2, -0.15) is 0 Å². The van der Waals surface area contributed by atoms with Crippen LogP contribution in [0.15, 0.2) is 24.3 Å². The van der Waals surface area contributed by atoms with Gasteiger partial charge in [-0.3, -0.25) is 9.59 Å². The second kappa shape index (κ2) is 5.08. The van der Waals surface area contributed by atoms with Gasteiger partial charge < -0.3 is 21.5 Å². The van der Waals surface area contributed by atoms with Crippen molar-refractivity contribution < 1.29 is 19.5 Å². The largest absolute Gasteiger partial charge is 0.481 e. The molecule has 1 aliphatic carbocycles. The first-order chi connectivity index (χ1) is 9.73. The molecule has 1 fully saturated rings. The third-order valence-electron chi connectivity index (χ3n) is 3.77. The highest BCUT2D eigenvalue weighted by Gasteiger charge is 2.65. The number of anilines is 2. The third kappa shape index (κ3) is 2.96. The average molecular weight is 291 g/mol. The minimum atomic E-state index is -0.968. The zero-order valence-electron chi connectivity index (χ0n) is 11.7. The number of primary amides is 1. The molecule has 112 valence electrons. The predicted octanol–water partition coefficient (Wildman–Crippen LogP) is 1.47. The lowest BCUT2D eigenvalue weighted by atomic mass is 10.1. The topological polar surface area (TPSA) is 122 Å². The van der Waals surface area contributed by atoms with Crippen LogP contribution in [0.5, 0.6) is 0 Å². The number of carbonyl (C=O) groups is 3. The van der Waals surface area contributed by atoms with E-state index in [1.165, 1.54) is 0 Å². The van der Waals surface area contributed by atoms with E-state index in [9.17, 15) is 14.4 Å². The van der Waals surface area contributed by atoms with Gasteiger partial charge >= 0.3 is 12.0 Å². The van der Waals surface area contributed by atoms with Crippen LogP contribution in [0.2, 0.25) is 0 Å². The van der Waals surface area contributed by atoms with Crippen molar-refractivity contribution in [3.8, 4) is 0 Å². The van der Waals surface area contributed by atoms with Crippen LogP contribution in [-0.4, -0.2) is 23.0 Å². The van der Waals surface area contributed by atoms with Crippen molar-refractivity contribution >= 4 is 29.3 Å². The summed E-state index contributed by atoms with van der Waals surface area (Å²) in [6, 6.07) is 5.77. The molecule has 5 N–H and O–H groups in total. The summed E-state index contributed by atoms with van der Waals surface area (Å²) in [4.78, 5) is 34.0. The van der Waals surface area contributed by atoms with Gasteiger partial charge in [0.15, 0.2) is 0 Å². The molecule has 2 atom stereocenters. The number of urea groups is 1. The van der Waals surface area contributed by atoms with Gasteiger partial charge in [0.2, 0.25) is 5.91 Å². The first-order valence-electron chi connectivity index (χ1n) is 6.43. The number of nitrogens with one attached hydrogen (secondary N) is 2. The van der Waals surface area contributed by atoms with E-state index in [2.05, 4.69) is 10.6 Å². The Hall–Kier alpha value is -2.57. The molecule has 1 aromatic carbocycles. The molecule has 0 heterocycles. The van der Waals surface area contributed by atoms with Crippen LogP contribution < -0.4 is 16.4 Å². The smallest absolute Gasteiger partial charge is 0.316 e. The fourth-order valence-electron chi connectivity index (χ4n) is 2.62. The highest BCUT2D eigenvalue weighted by molar-refractivity contribution is 6.00. The van der Waals surface area contributed by atoms with Gasteiger partial charge in [-0.1, -0.05) is 19.9 Å². The Kier molecular flexibility index (Phi) is 3.59. The van der Waals surface area contributed by atoms with Crippen LogP contribution >= 0.6 is 0 Å². The zero-order chi connectivity index (χ0) is 15.8. The van der Waals surface area contributed by atoms with Gasteiger partial charge in [-0.05, 0) is 23.6 Å². The first kappa shape index (κ1) is 14.8. The lowest BCUT2D eigenvalue weighted by Gasteiger charge is -2.08. The Morgan fingerprint density at radius 3 is 2.19 bits per heavy atom. The van der Waals surface area contributed by atoms with Gasteiger partial charge in [0.1, 0.15) is 0 Å². The molecular formula is C14H17N3O4. The van der Waals surface area contributed by atoms with E-state index in [0.29, 0.717) is 11.4 Å². The predicted molar refractivity (Wildman–Crippen MR) is 76.7 cm³/mol. The maximum Gasteiger partial charge on any atom is 0.316 e. The van der Waals surface area contributed by atoms with Crippen molar-refractivity contribution in [1.82, 2.24) is 0 Å². The zero-order valence-corrected chi connectivity index (χ0v) is 11.7. The number of carboxylic acids is 1. The van der Waals surface area contributed by atoms with Crippen LogP contribution in [-0.2, 0) is 9.59 Å². The summed E-state index contributed by atoms with van der Waals surface area (Å²) in [5.41, 5.74) is 5.38. The number of amides is 3. The highest BCUT2D eigenvalue weighted by atomic mass is 16.4. The van der Waals surface area contributed by atoms with Crippen molar-refractivity contribution in [2.45, 2.75) is 13.8 Å². The quantitative estimate of drug-likeness (QED) is 0.671. The molecule has 0 radical (unpaired) electrons. The molecule has 0 saturated heterocycles. The Morgan fingerprint density at radius 2 is 1.71 bits per heavy atom. The van der Waals surface area contributed by atoms with E-state index >= 15 is 0 Å². The lowest BCUT2D eigenvalue weighted by molar-refractivity contribution is -0.140. The third-order valence-corrected chi connectivity index (χ3v) is 3.77. The number of hydrogen-bond acceptors (Lipinski definition) is 3. The van der Waals surface area contributed by atoms with E-state index in [1.807, 2.05) is 0 Å². The van der Waals surface area contributed by atoms with Gasteiger partial charge in [-0.25, -0.2) is 4.79 Å². The fraction of sp³-hybridized carbons (Fsp3) is 0.357. The Bertz CT molecular complexity index is 612. The van der Waals surface area contributed by atoms with E-state index < -0.39 is 29.3 Å². The van der Waals surface area contributed by atoms with Crippen LogP contribution in [0.3, 0.4) is 0 Å². The van der Waals surface area contributed by atoms with Gasteiger partial charge in [0.05, 0.1) is 11.8 Å². The number of benzene rings is 1. The minimum absolute atomic E-state index is 0.344. The molecule has 2 unspecified atom stereocenters. The van der Waals surface area contributed by atoms with Crippen LogP contribution in [0.4, 0.5) is 16.2 Å². The number of rotatable bonds is 4. The van der Waals surface area contributed by atoms with Crippen LogP contribution in [0.1, 0.15) is 13.8 Å². The summed E-state index contributed by atoms with van der Waals surface area (Å²) < 4.78 is 0. The molecule has 21 heavy (non-hydrogen) atoms. The number of aliphatic carboxylic acids is 1. The Balaban J connectivity index is 2.07. The molecule has 0 aliphatic heterocycles. The Morgan fingerprint density at radius 1 is 1.14 bits per heavy atom. The number of hydrogen-bond donors (Lipinski definition) is 4. The van der Waals surface area contributed by atoms with Crippen LogP contribution in [0, 0.1) is 17.3 Å². The number of carbonyl (C=O) groups excluding carboxylic acids is 2. The lowest BCUT2D eigenvalue weighted by Crippen LogP contribution is -2.20. The van der Waals surface area contributed by atoms with Crippen molar-refractivity contribution in [3.05, 3.63) is 24.3 Å². The summed E-state index contributed by atoms with van der Waals surface area (Å²) in [7, 11) is 0. The summed E-state index contributed by atoms with van der Waals surface area (Å²) in [5, 5.41) is 14.1. The molecule has 7 heteroatoms. The van der Waals surface area contributed by atoms with Crippen molar-refractivity contribution in [2.24, 2.45) is 23.0 Å². The maximum absolute atomic E-state index is 12.2. The summed E-state index contributed by atoms with van der Waals surface area (Å²) in [5.74, 6) is -2.56. The molecule has 7 nitrogen and oxygen atoms in total. The highest BCUT2D eigenvalue weighted by Crippen LogP contribution is 2.58. The Labute approximate surface area is 121 Å². The van der Waals surface area contributed by atoms with Crippen molar-refractivity contribution in [1.29, 1.82) is 0 Å². The van der Waals surface area contributed by atoms with E-state index in [0.717, 1.165) is 0 Å². The molecule has 1 aromatic rings. The van der Waals surface area contributed by atoms with Gasteiger partial charge in [0.25, 0.3) is 0 Å². The second-order valence-electron chi connectivity index (χ2n) is 5.67. The van der Waals surface area contributed by atoms with E-state index in [1.54, 1.807) is 38.1 Å². The molecule has 1 saturated carbocycles. The van der Waals surface area contributed by atoms with Crippen molar-refractivity contribution in [3.63, 3.8) is 0 Å². The van der Waals surface area contributed by atoms with Gasteiger partial charge in [-0.15, -0.1) is 0 Å². The van der Waals surface area contributed by atoms with Crippen molar-refractivity contribution in [2.75, 3.05) is 10.6 Å².